The third-order valence-electron chi connectivity index (χ3n) is 3.75. The number of hydrogen-bond acceptors (Lipinski definition) is 4. The van der Waals surface area contributed by atoms with E-state index in [9.17, 15) is 9.59 Å². The molecular weight excluding hydrogens is 306 g/mol. The van der Waals surface area contributed by atoms with Crippen LogP contribution in [0, 0.1) is 0 Å². The van der Waals surface area contributed by atoms with Crippen molar-refractivity contribution in [2.75, 3.05) is 0 Å². The zero-order valence-electron chi connectivity index (χ0n) is 13.6. The van der Waals surface area contributed by atoms with Gasteiger partial charge < -0.3 is 5.32 Å². The molecule has 3 aromatic rings. The summed E-state index contributed by atoms with van der Waals surface area (Å²) >= 11 is 0. The molecule has 0 aliphatic heterocycles. The molecule has 3 aromatic heterocycles. The molecule has 0 fully saturated rings. The number of pyridine rings is 1. The fourth-order valence-corrected chi connectivity index (χ4v) is 2.69. The molecular formula is C17H19N5O2. The summed E-state index contributed by atoms with van der Waals surface area (Å²) in [5.41, 5.74) is 2.51. The zero-order valence-corrected chi connectivity index (χ0v) is 13.6. The van der Waals surface area contributed by atoms with Crippen LogP contribution in [0.3, 0.4) is 0 Å². The van der Waals surface area contributed by atoms with E-state index in [2.05, 4.69) is 20.4 Å². The molecule has 0 aliphatic carbocycles. The maximum absolute atomic E-state index is 12.4. The number of nitrogens with zero attached hydrogens (tertiary/aromatic N) is 3. The maximum atomic E-state index is 12.4. The third-order valence-corrected chi connectivity index (χ3v) is 3.75. The second kappa shape index (κ2) is 6.66. The lowest BCUT2D eigenvalue weighted by molar-refractivity contribution is -0.119. The molecule has 7 nitrogen and oxygen atoms in total. The molecule has 24 heavy (non-hydrogen) atoms. The van der Waals surface area contributed by atoms with Crippen molar-refractivity contribution < 1.29 is 4.79 Å². The van der Waals surface area contributed by atoms with E-state index in [-0.39, 0.29) is 17.5 Å². The van der Waals surface area contributed by atoms with Crippen molar-refractivity contribution >= 4 is 11.6 Å². The quantitative estimate of drug-likeness (QED) is 0.751. The maximum Gasteiger partial charge on any atom is 0.272 e. The number of carbonyl (C=O) groups is 1. The summed E-state index contributed by atoms with van der Waals surface area (Å²) < 4.78 is 1.39. The van der Waals surface area contributed by atoms with Gasteiger partial charge in [-0.1, -0.05) is 13.3 Å². The van der Waals surface area contributed by atoms with Crippen molar-refractivity contribution in [1.29, 1.82) is 0 Å². The molecule has 0 saturated carbocycles. The summed E-state index contributed by atoms with van der Waals surface area (Å²) in [5, 5.41) is 5.89. The Morgan fingerprint density at radius 2 is 2.25 bits per heavy atom. The molecule has 0 aliphatic rings. The summed E-state index contributed by atoms with van der Waals surface area (Å²) in [6.45, 7) is 3.49. The fraction of sp³-hybridized carbons (Fsp3) is 0.294. The largest absolute Gasteiger partial charge is 0.348 e. The van der Waals surface area contributed by atoms with E-state index in [1.54, 1.807) is 18.5 Å². The molecule has 1 unspecified atom stereocenters. The van der Waals surface area contributed by atoms with Crippen LogP contribution in [0.4, 0.5) is 0 Å². The highest BCUT2D eigenvalue weighted by Gasteiger charge is 2.16. The summed E-state index contributed by atoms with van der Waals surface area (Å²) in [6.07, 6.45) is 5.01. The van der Waals surface area contributed by atoms with Crippen LogP contribution in [0.2, 0.25) is 0 Å². The number of nitrogens with one attached hydrogen (secondary N) is 2. The van der Waals surface area contributed by atoms with E-state index >= 15 is 0 Å². The average Bonchev–Trinajstić information content (AvgIpc) is 3.00. The lowest BCUT2D eigenvalue weighted by Gasteiger charge is -2.16. The van der Waals surface area contributed by atoms with Crippen LogP contribution < -0.4 is 10.9 Å². The SMILES string of the molecule is CCCC(NC(C)=O)c1cc(=O)n2[nH]c(-c3cccnc3)cc2n1. The first-order valence-electron chi connectivity index (χ1n) is 7.88. The Labute approximate surface area is 138 Å². The molecule has 0 radical (unpaired) electrons. The number of amides is 1. The lowest BCUT2D eigenvalue weighted by atomic mass is 10.1. The standard InChI is InChI=1S/C17H19N5O2/c1-3-5-13(19-11(2)23)15-9-17(24)22-16(20-15)8-14(21-22)12-6-4-7-18-10-12/h4,6-10,13,21H,3,5H2,1-2H3,(H,19,23). The van der Waals surface area contributed by atoms with Crippen molar-refractivity contribution in [3.8, 4) is 11.3 Å². The first-order chi connectivity index (χ1) is 11.6. The number of hydrogen-bond donors (Lipinski definition) is 2. The Bertz CT molecular complexity index is 914. The van der Waals surface area contributed by atoms with Gasteiger partial charge in [0.1, 0.15) is 0 Å². The van der Waals surface area contributed by atoms with E-state index < -0.39 is 0 Å². The number of aromatic nitrogens is 4. The molecule has 3 heterocycles. The van der Waals surface area contributed by atoms with Crippen LogP contribution >= 0.6 is 0 Å². The van der Waals surface area contributed by atoms with Gasteiger partial charge in [0.05, 0.1) is 17.4 Å². The van der Waals surface area contributed by atoms with Gasteiger partial charge in [0.2, 0.25) is 5.91 Å². The molecule has 1 atom stereocenters. The Hall–Kier alpha value is -2.96. The van der Waals surface area contributed by atoms with Gasteiger partial charge in [-0.05, 0) is 18.6 Å². The van der Waals surface area contributed by atoms with Gasteiger partial charge in [-0.3, -0.25) is 19.7 Å². The van der Waals surface area contributed by atoms with E-state index in [1.165, 1.54) is 17.5 Å². The summed E-state index contributed by atoms with van der Waals surface area (Å²) in [4.78, 5) is 32.4. The lowest BCUT2D eigenvalue weighted by Crippen LogP contribution is -2.28. The second-order valence-corrected chi connectivity index (χ2v) is 5.67. The number of H-pyrrole nitrogens is 1. The number of carbonyl (C=O) groups excluding carboxylic acids is 1. The highest BCUT2D eigenvalue weighted by molar-refractivity contribution is 5.73. The van der Waals surface area contributed by atoms with E-state index in [1.807, 2.05) is 19.1 Å². The number of aromatic amines is 1. The van der Waals surface area contributed by atoms with Crippen molar-refractivity contribution in [3.63, 3.8) is 0 Å². The number of rotatable bonds is 5. The van der Waals surface area contributed by atoms with Crippen molar-refractivity contribution in [2.24, 2.45) is 0 Å². The van der Waals surface area contributed by atoms with Gasteiger partial charge in [0.15, 0.2) is 5.65 Å². The molecule has 0 saturated heterocycles. The third kappa shape index (κ3) is 3.19. The normalized spacial score (nSPS) is 12.2. The Balaban J connectivity index is 2.06. The van der Waals surface area contributed by atoms with E-state index in [0.717, 1.165) is 24.1 Å². The molecule has 0 bridgehead atoms. The van der Waals surface area contributed by atoms with E-state index in [4.69, 9.17) is 0 Å². The first kappa shape index (κ1) is 15.9. The van der Waals surface area contributed by atoms with Gasteiger partial charge in [-0.15, -0.1) is 0 Å². The van der Waals surface area contributed by atoms with Gasteiger partial charge in [-0.25, -0.2) is 9.50 Å². The Kier molecular flexibility index (Phi) is 4.41. The van der Waals surface area contributed by atoms with E-state index in [0.29, 0.717) is 11.3 Å². The average molecular weight is 325 g/mol. The van der Waals surface area contributed by atoms with Crippen molar-refractivity contribution in [1.82, 2.24) is 24.9 Å². The Morgan fingerprint density at radius 1 is 1.42 bits per heavy atom. The van der Waals surface area contributed by atoms with Crippen LogP contribution in [-0.2, 0) is 4.79 Å². The predicted octanol–water partition coefficient (Wildman–Crippen LogP) is 2.06. The predicted molar refractivity (Wildman–Crippen MR) is 90.5 cm³/mol. The minimum atomic E-state index is -0.262. The minimum Gasteiger partial charge on any atom is -0.348 e. The molecule has 3 rings (SSSR count). The molecule has 0 aromatic carbocycles. The van der Waals surface area contributed by atoms with Crippen LogP contribution in [0.25, 0.3) is 16.9 Å². The molecule has 7 heteroatoms. The van der Waals surface area contributed by atoms with Crippen molar-refractivity contribution in [3.05, 3.63) is 52.7 Å². The Morgan fingerprint density at radius 3 is 2.92 bits per heavy atom. The topological polar surface area (TPSA) is 92.2 Å². The summed E-state index contributed by atoms with van der Waals surface area (Å²) in [7, 11) is 0. The van der Waals surface area contributed by atoms with Crippen LogP contribution in [0.5, 0.6) is 0 Å². The minimum absolute atomic E-state index is 0.138. The molecule has 0 spiro atoms. The zero-order chi connectivity index (χ0) is 17.1. The van der Waals surface area contributed by atoms with Crippen LogP contribution in [0.15, 0.2) is 41.5 Å². The van der Waals surface area contributed by atoms with Crippen molar-refractivity contribution in [2.45, 2.75) is 32.7 Å². The highest BCUT2D eigenvalue weighted by atomic mass is 16.1. The summed E-state index contributed by atoms with van der Waals surface area (Å²) in [6, 6.07) is 6.74. The fourth-order valence-electron chi connectivity index (χ4n) is 2.69. The second-order valence-electron chi connectivity index (χ2n) is 5.67. The monoisotopic (exact) mass is 325 g/mol. The molecule has 2 N–H and O–H groups in total. The molecule has 1 amide bonds. The van der Waals surface area contributed by atoms with Gasteiger partial charge in [0.25, 0.3) is 5.56 Å². The van der Waals surface area contributed by atoms with Gasteiger partial charge >= 0.3 is 0 Å². The van der Waals surface area contributed by atoms with Gasteiger partial charge in [-0.2, -0.15) is 0 Å². The first-order valence-corrected chi connectivity index (χ1v) is 7.88. The van der Waals surface area contributed by atoms with Crippen LogP contribution in [0.1, 0.15) is 38.4 Å². The summed E-state index contributed by atoms with van der Waals surface area (Å²) in [5.74, 6) is -0.138. The van der Waals surface area contributed by atoms with Gasteiger partial charge in [0, 0.05) is 37.0 Å². The smallest absolute Gasteiger partial charge is 0.272 e. The van der Waals surface area contributed by atoms with Crippen LogP contribution in [-0.4, -0.2) is 25.5 Å². The highest BCUT2D eigenvalue weighted by Crippen LogP contribution is 2.19. The molecule has 124 valence electrons. The number of fused-ring (bicyclic) bond motifs is 1.